The molecule has 34 heavy (non-hydrogen) atoms. The van der Waals surface area contributed by atoms with Crippen LogP contribution in [0, 0.1) is 6.92 Å². The van der Waals surface area contributed by atoms with Crippen molar-refractivity contribution in [2.24, 2.45) is 0 Å². The Labute approximate surface area is 204 Å². The second kappa shape index (κ2) is 9.53. The van der Waals surface area contributed by atoms with Gasteiger partial charge in [0.15, 0.2) is 0 Å². The molecule has 0 nitrogen and oxygen atoms in total. The lowest BCUT2D eigenvalue weighted by molar-refractivity contribution is 0.744. The molecule has 0 unspecified atom stereocenters. The first-order valence-corrected chi connectivity index (χ1v) is 11.7. The van der Waals surface area contributed by atoms with Gasteiger partial charge in [0.2, 0.25) is 0 Å². The highest BCUT2D eigenvalue weighted by Gasteiger charge is 2.38. The first-order chi connectivity index (χ1) is 16.4. The molecule has 0 bridgehead atoms. The molecule has 0 heteroatoms. The Bertz CT molecular complexity index is 1260. The van der Waals surface area contributed by atoms with E-state index in [1.807, 2.05) is 19.9 Å². The van der Waals surface area contributed by atoms with Crippen molar-refractivity contribution in [3.8, 4) is 0 Å². The van der Waals surface area contributed by atoms with Crippen molar-refractivity contribution < 1.29 is 0 Å². The lowest BCUT2D eigenvalue weighted by Gasteiger charge is -2.37. The molecule has 4 aromatic rings. The summed E-state index contributed by atoms with van der Waals surface area (Å²) in [5.41, 5.74) is 11.2. The van der Waals surface area contributed by atoms with Crippen LogP contribution in [0.25, 0.3) is 17.2 Å². The summed E-state index contributed by atoms with van der Waals surface area (Å²) in [5.74, 6) is 0. The smallest absolute Gasteiger partial charge is 0.0701 e. The normalized spacial score (nSPS) is 11.1. The predicted octanol–water partition coefficient (Wildman–Crippen LogP) is 9.09. The van der Waals surface area contributed by atoms with E-state index in [2.05, 4.69) is 124 Å². The van der Waals surface area contributed by atoms with Gasteiger partial charge in [-0.15, -0.1) is 0 Å². The lowest BCUT2D eigenvalue weighted by Crippen LogP contribution is -2.31. The Morgan fingerprint density at radius 1 is 0.559 bits per heavy atom. The maximum absolute atomic E-state index is 4.13. The van der Waals surface area contributed by atoms with Crippen molar-refractivity contribution in [3.05, 3.63) is 161 Å². The fourth-order valence-electron chi connectivity index (χ4n) is 4.68. The minimum absolute atomic E-state index is 0.478. The Hall–Kier alpha value is -3.90. The standard InChI is InChI=1S/C34H32/c1-7-27-10-18-31(19-11-27)34(30-16-8-26(6)9-17-30,32-20-12-28(13-21-32)24(2)3)33-22-14-29(15-23-33)25(4)5/h7-23H,1-2,4H2,3,5-6H3. The van der Waals surface area contributed by atoms with E-state index in [0.717, 1.165) is 27.8 Å². The Kier molecular flexibility index (Phi) is 6.52. The van der Waals surface area contributed by atoms with Crippen LogP contribution in [-0.2, 0) is 5.41 Å². The van der Waals surface area contributed by atoms with E-state index in [1.54, 1.807) is 0 Å². The molecule has 0 atom stereocenters. The molecule has 0 saturated heterocycles. The van der Waals surface area contributed by atoms with E-state index in [0.29, 0.717) is 0 Å². The van der Waals surface area contributed by atoms with E-state index in [4.69, 9.17) is 0 Å². The Balaban J connectivity index is 2.08. The van der Waals surface area contributed by atoms with Gasteiger partial charge in [-0.2, -0.15) is 0 Å². The van der Waals surface area contributed by atoms with Crippen LogP contribution in [0.5, 0.6) is 0 Å². The first kappa shape index (κ1) is 23.3. The largest absolute Gasteiger partial charge is 0.0985 e. The Morgan fingerprint density at radius 3 is 1.21 bits per heavy atom. The third-order valence-corrected chi connectivity index (χ3v) is 6.69. The molecular formula is C34H32. The molecule has 4 aromatic carbocycles. The van der Waals surface area contributed by atoms with Gasteiger partial charge in [-0.1, -0.05) is 140 Å². The zero-order valence-corrected chi connectivity index (χ0v) is 20.4. The third kappa shape index (κ3) is 4.20. The molecule has 0 aliphatic carbocycles. The zero-order valence-electron chi connectivity index (χ0n) is 20.4. The fraction of sp³-hybridized carbons (Fsp3) is 0.118. The second-order valence-electron chi connectivity index (χ2n) is 9.16. The molecule has 0 aliphatic rings. The third-order valence-electron chi connectivity index (χ3n) is 6.69. The van der Waals surface area contributed by atoms with Gasteiger partial charge in [0.25, 0.3) is 0 Å². The van der Waals surface area contributed by atoms with Gasteiger partial charge in [0, 0.05) is 0 Å². The van der Waals surface area contributed by atoms with Crippen molar-refractivity contribution in [1.82, 2.24) is 0 Å². The van der Waals surface area contributed by atoms with Crippen LogP contribution in [0.15, 0.2) is 117 Å². The van der Waals surface area contributed by atoms with E-state index < -0.39 is 5.41 Å². The molecule has 0 fully saturated rings. The summed E-state index contributed by atoms with van der Waals surface area (Å²) in [6.07, 6.45) is 1.89. The Morgan fingerprint density at radius 2 is 0.882 bits per heavy atom. The topological polar surface area (TPSA) is 0 Å². The van der Waals surface area contributed by atoms with Crippen molar-refractivity contribution in [2.75, 3.05) is 0 Å². The number of benzene rings is 4. The van der Waals surface area contributed by atoms with Gasteiger partial charge in [-0.25, -0.2) is 0 Å². The number of aryl methyl sites for hydroxylation is 1. The van der Waals surface area contributed by atoms with Gasteiger partial charge < -0.3 is 0 Å². The van der Waals surface area contributed by atoms with Gasteiger partial charge in [0.1, 0.15) is 0 Å². The van der Waals surface area contributed by atoms with Crippen LogP contribution in [0.2, 0.25) is 0 Å². The summed E-state index contributed by atoms with van der Waals surface area (Å²) in [6.45, 7) is 18.4. The van der Waals surface area contributed by atoms with Gasteiger partial charge in [-0.3, -0.25) is 0 Å². The predicted molar refractivity (Wildman–Crippen MR) is 149 cm³/mol. The monoisotopic (exact) mass is 440 g/mol. The molecular weight excluding hydrogens is 408 g/mol. The number of allylic oxidation sites excluding steroid dienone is 2. The lowest BCUT2D eigenvalue weighted by atomic mass is 9.64. The van der Waals surface area contributed by atoms with Crippen LogP contribution in [0.4, 0.5) is 0 Å². The number of hydrogen-bond acceptors (Lipinski definition) is 0. The highest BCUT2D eigenvalue weighted by atomic mass is 14.4. The molecule has 0 spiro atoms. The van der Waals surface area contributed by atoms with Crippen LogP contribution in [0.1, 0.15) is 58.4 Å². The molecule has 0 saturated carbocycles. The molecule has 0 N–H and O–H groups in total. The van der Waals surface area contributed by atoms with Crippen molar-refractivity contribution in [1.29, 1.82) is 0 Å². The van der Waals surface area contributed by atoms with E-state index in [1.165, 1.54) is 27.8 Å². The van der Waals surface area contributed by atoms with Crippen LogP contribution < -0.4 is 0 Å². The average molecular weight is 441 g/mol. The second-order valence-corrected chi connectivity index (χ2v) is 9.16. The summed E-state index contributed by atoms with van der Waals surface area (Å²) in [4.78, 5) is 0. The van der Waals surface area contributed by atoms with Crippen LogP contribution >= 0.6 is 0 Å². The summed E-state index contributed by atoms with van der Waals surface area (Å²) in [5, 5.41) is 0. The molecule has 0 aromatic heterocycles. The number of rotatable bonds is 7. The summed E-state index contributed by atoms with van der Waals surface area (Å²) in [7, 11) is 0. The molecule has 0 amide bonds. The maximum Gasteiger partial charge on any atom is 0.0701 e. The number of hydrogen-bond donors (Lipinski definition) is 0. The average Bonchev–Trinajstić information content (AvgIpc) is 2.86. The van der Waals surface area contributed by atoms with Gasteiger partial charge >= 0.3 is 0 Å². The van der Waals surface area contributed by atoms with Gasteiger partial charge in [-0.05, 0) is 59.7 Å². The quantitative estimate of drug-likeness (QED) is 0.251. The summed E-state index contributed by atoms with van der Waals surface area (Å²) in [6, 6.07) is 35.4. The zero-order chi connectivity index (χ0) is 24.3. The van der Waals surface area contributed by atoms with Crippen molar-refractivity contribution >= 4 is 17.2 Å². The molecule has 0 aliphatic heterocycles. The van der Waals surface area contributed by atoms with Crippen molar-refractivity contribution in [2.45, 2.75) is 26.2 Å². The van der Waals surface area contributed by atoms with Crippen LogP contribution in [-0.4, -0.2) is 0 Å². The van der Waals surface area contributed by atoms with E-state index in [-0.39, 0.29) is 0 Å². The molecule has 0 radical (unpaired) electrons. The fourth-order valence-corrected chi connectivity index (χ4v) is 4.68. The van der Waals surface area contributed by atoms with E-state index >= 15 is 0 Å². The van der Waals surface area contributed by atoms with Crippen molar-refractivity contribution in [3.63, 3.8) is 0 Å². The first-order valence-electron chi connectivity index (χ1n) is 11.7. The minimum atomic E-state index is -0.478. The molecule has 168 valence electrons. The van der Waals surface area contributed by atoms with E-state index in [9.17, 15) is 0 Å². The van der Waals surface area contributed by atoms with Crippen LogP contribution in [0.3, 0.4) is 0 Å². The highest BCUT2D eigenvalue weighted by molar-refractivity contribution is 5.67. The molecule has 4 rings (SSSR count). The van der Waals surface area contributed by atoms with Gasteiger partial charge in [0.05, 0.1) is 5.41 Å². The maximum atomic E-state index is 4.13. The summed E-state index contributed by atoms with van der Waals surface area (Å²) < 4.78 is 0. The summed E-state index contributed by atoms with van der Waals surface area (Å²) >= 11 is 0. The minimum Gasteiger partial charge on any atom is -0.0985 e. The highest BCUT2D eigenvalue weighted by Crippen LogP contribution is 2.45. The SMILES string of the molecule is C=Cc1ccc(C(c2ccc(C)cc2)(c2ccc(C(=C)C)cc2)c2ccc(C(=C)C)cc2)cc1. The molecule has 0 heterocycles.